The van der Waals surface area contributed by atoms with Crippen LogP contribution in [-0.4, -0.2) is 20.5 Å². The number of nitrogens with zero attached hydrogens (tertiary/aromatic N) is 1. The molecule has 8 heteroatoms. The average molecular weight is 459 g/mol. The molecule has 0 amide bonds. The summed E-state index contributed by atoms with van der Waals surface area (Å²) in [5.74, 6) is 0.336. The van der Waals surface area contributed by atoms with Gasteiger partial charge in [-0.15, -0.1) is 11.3 Å². The van der Waals surface area contributed by atoms with E-state index >= 15 is 0 Å². The Bertz CT molecular complexity index is 1360. The van der Waals surface area contributed by atoms with Crippen LogP contribution in [0.25, 0.3) is 21.3 Å². The van der Waals surface area contributed by atoms with Crippen LogP contribution in [0.1, 0.15) is 10.4 Å². The SMILES string of the molecule is COc1cc(NS(=O)(=O)c2cccc(Cl)c2)c2c(-c3cccc(C)c3)c(C)sc2n1. The Morgan fingerprint density at radius 3 is 2.53 bits per heavy atom. The van der Waals surface area contributed by atoms with Crippen molar-refractivity contribution >= 4 is 48.9 Å². The summed E-state index contributed by atoms with van der Waals surface area (Å²) in [6.45, 7) is 4.03. The Balaban J connectivity index is 1.94. The van der Waals surface area contributed by atoms with Crippen LogP contribution < -0.4 is 9.46 Å². The molecule has 2 aromatic heterocycles. The van der Waals surface area contributed by atoms with Crippen molar-refractivity contribution in [3.63, 3.8) is 0 Å². The van der Waals surface area contributed by atoms with Crippen LogP contribution in [0.2, 0.25) is 5.02 Å². The zero-order chi connectivity index (χ0) is 21.5. The summed E-state index contributed by atoms with van der Waals surface area (Å²) in [4.78, 5) is 6.37. The third-order valence-electron chi connectivity index (χ3n) is 4.68. The van der Waals surface area contributed by atoms with Gasteiger partial charge in [-0.25, -0.2) is 13.4 Å². The highest BCUT2D eigenvalue weighted by atomic mass is 35.5. The number of hydrogen-bond donors (Lipinski definition) is 1. The smallest absolute Gasteiger partial charge is 0.261 e. The molecule has 0 saturated heterocycles. The molecule has 0 atom stereocenters. The molecule has 0 fully saturated rings. The zero-order valence-corrected chi connectivity index (χ0v) is 19.0. The van der Waals surface area contributed by atoms with Crippen molar-refractivity contribution in [2.75, 3.05) is 11.8 Å². The number of aromatic nitrogens is 1. The number of anilines is 1. The number of pyridine rings is 1. The number of rotatable bonds is 5. The van der Waals surface area contributed by atoms with Crippen LogP contribution in [0.3, 0.4) is 0 Å². The van der Waals surface area contributed by atoms with Gasteiger partial charge in [-0.3, -0.25) is 4.72 Å². The summed E-state index contributed by atoms with van der Waals surface area (Å²) in [6.07, 6.45) is 0. The lowest BCUT2D eigenvalue weighted by Crippen LogP contribution is -2.13. The van der Waals surface area contributed by atoms with E-state index < -0.39 is 10.0 Å². The summed E-state index contributed by atoms with van der Waals surface area (Å²) >= 11 is 7.50. The first kappa shape index (κ1) is 20.7. The number of benzene rings is 2. The van der Waals surface area contributed by atoms with Crippen LogP contribution in [0.4, 0.5) is 5.69 Å². The molecule has 2 aromatic carbocycles. The van der Waals surface area contributed by atoms with E-state index in [-0.39, 0.29) is 4.90 Å². The van der Waals surface area contributed by atoms with Gasteiger partial charge in [0.15, 0.2) is 0 Å². The van der Waals surface area contributed by atoms with Crippen LogP contribution in [0.15, 0.2) is 59.5 Å². The number of halogens is 1. The number of sulfonamides is 1. The molecule has 0 bridgehead atoms. The number of hydrogen-bond acceptors (Lipinski definition) is 5. The van der Waals surface area contributed by atoms with Crippen LogP contribution in [0, 0.1) is 13.8 Å². The minimum Gasteiger partial charge on any atom is -0.481 e. The highest BCUT2D eigenvalue weighted by Crippen LogP contribution is 2.43. The number of aryl methyl sites for hydroxylation is 2. The maximum absolute atomic E-state index is 13.1. The minimum absolute atomic E-state index is 0.0861. The second kappa shape index (κ2) is 7.91. The molecule has 1 N–H and O–H groups in total. The van der Waals surface area contributed by atoms with E-state index in [0.717, 1.165) is 27.0 Å². The standard InChI is InChI=1S/C22H19ClN2O3S2/c1-13-6-4-7-15(10-13)20-14(2)29-22-21(20)18(12-19(24-22)28-3)25-30(26,27)17-9-5-8-16(23)11-17/h4-12H,1-3H3,(H,24,25). The molecule has 0 aliphatic carbocycles. The van der Waals surface area contributed by atoms with Gasteiger partial charge in [-0.2, -0.15) is 0 Å². The molecular formula is C22H19ClN2O3S2. The number of methoxy groups -OCH3 is 1. The minimum atomic E-state index is -3.86. The maximum atomic E-state index is 13.1. The zero-order valence-electron chi connectivity index (χ0n) is 16.6. The third kappa shape index (κ3) is 3.88. The lowest BCUT2D eigenvalue weighted by atomic mass is 10.0. The summed E-state index contributed by atoms with van der Waals surface area (Å²) in [5.41, 5.74) is 3.50. The van der Waals surface area contributed by atoms with Crippen molar-refractivity contribution in [3.8, 4) is 17.0 Å². The van der Waals surface area contributed by atoms with E-state index in [0.29, 0.717) is 21.4 Å². The molecular weight excluding hydrogens is 440 g/mol. The molecule has 0 saturated carbocycles. The Morgan fingerprint density at radius 1 is 1.07 bits per heavy atom. The molecule has 0 aliphatic rings. The monoisotopic (exact) mass is 458 g/mol. The predicted molar refractivity (Wildman–Crippen MR) is 123 cm³/mol. The number of nitrogens with one attached hydrogen (secondary N) is 1. The first-order valence-corrected chi connectivity index (χ1v) is 11.8. The molecule has 0 aliphatic heterocycles. The fraction of sp³-hybridized carbons (Fsp3) is 0.136. The predicted octanol–water partition coefficient (Wildman–Crippen LogP) is 6.04. The van der Waals surface area contributed by atoms with Gasteiger partial charge in [0.05, 0.1) is 17.7 Å². The maximum Gasteiger partial charge on any atom is 0.261 e. The highest BCUT2D eigenvalue weighted by molar-refractivity contribution is 7.92. The molecule has 0 spiro atoms. The topological polar surface area (TPSA) is 68.3 Å². The quantitative estimate of drug-likeness (QED) is 0.395. The molecule has 30 heavy (non-hydrogen) atoms. The second-order valence-electron chi connectivity index (χ2n) is 6.86. The van der Waals surface area contributed by atoms with Crippen molar-refractivity contribution in [1.29, 1.82) is 0 Å². The van der Waals surface area contributed by atoms with Crippen molar-refractivity contribution in [2.45, 2.75) is 18.7 Å². The molecule has 0 radical (unpaired) electrons. The van der Waals surface area contributed by atoms with Gasteiger partial charge in [-0.05, 0) is 37.6 Å². The lowest BCUT2D eigenvalue weighted by Gasteiger charge is -2.13. The number of fused-ring (bicyclic) bond motifs is 1. The van der Waals surface area contributed by atoms with Gasteiger partial charge in [0.2, 0.25) is 5.88 Å². The Morgan fingerprint density at radius 2 is 1.83 bits per heavy atom. The second-order valence-corrected chi connectivity index (χ2v) is 10.2. The van der Waals surface area contributed by atoms with Gasteiger partial charge in [-0.1, -0.05) is 47.5 Å². The molecule has 0 unspecified atom stereocenters. The van der Waals surface area contributed by atoms with Crippen molar-refractivity contribution < 1.29 is 13.2 Å². The molecule has 154 valence electrons. The van der Waals surface area contributed by atoms with E-state index in [2.05, 4.69) is 15.8 Å². The largest absolute Gasteiger partial charge is 0.481 e. The molecule has 4 rings (SSSR count). The molecule has 2 heterocycles. The van der Waals surface area contributed by atoms with E-state index in [4.69, 9.17) is 16.3 Å². The third-order valence-corrected chi connectivity index (χ3v) is 7.28. The fourth-order valence-electron chi connectivity index (χ4n) is 3.36. The highest BCUT2D eigenvalue weighted by Gasteiger charge is 2.22. The summed E-state index contributed by atoms with van der Waals surface area (Å²) in [7, 11) is -2.36. The Hall–Kier alpha value is -2.61. The van der Waals surface area contributed by atoms with E-state index in [1.807, 2.05) is 32.0 Å². The first-order valence-electron chi connectivity index (χ1n) is 9.12. The van der Waals surface area contributed by atoms with Gasteiger partial charge >= 0.3 is 0 Å². The summed E-state index contributed by atoms with van der Waals surface area (Å²) in [6, 6.07) is 15.9. The molecule has 4 aromatic rings. The van der Waals surface area contributed by atoms with E-state index in [1.54, 1.807) is 18.2 Å². The fourth-order valence-corrected chi connectivity index (χ4v) is 5.78. The average Bonchev–Trinajstić information content (AvgIpc) is 3.03. The van der Waals surface area contributed by atoms with E-state index in [9.17, 15) is 8.42 Å². The van der Waals surface area contributed by atoms with Crippen molar-refractivity contribution in [2.24, 2.45) is 0 Å². The van der Waals surface area contributed by atoms with Gasteiger partial charge in [0.25, 0.3) is 10.0 Å². The summed E-state index contributed by atoms with van der Waals surface area (Å²) < 4.78 is 34.2. The van der Waals surface area contributed by atoms with Crippen LogP contribution in [-0.2, 0) is 10.0 Å². The molecule has 5 nitrogen and oxygen atoms in total. The van der Waals surface area contributed by atoms with Crippen LogP contribution >= 0.6 is 22.9 Å². The van der Waals surface area contributed by atoms with Crippen molar-refractivity contribution in [3.05, 3.63) is 70.1 Å². The van der Waals surface area contributed by atoms with Gasteiger partial charge < -0.3 is 4.74 Å². The first-order chi connectivity index (χ1) is 14.3. The Kier molecular flexibility index (Phi) is 5.44. The normalized spacial score (nSPS) is 11.6. The lowest BCUT2D eigenvalue weighted by molar-refractivity contribution is 0.400. The van der Waals surface area contributed by atoms with Crippen molar-refractivity contribution in [1.82, 2.24) is 4.98 Å². The number of ether oxygens (including phenoxy) is 1. The number of thiophene rings is 1. The van der Waals surface area contributed by atoms with Crippen LogP contribution in [0.5, 0.6) is 5.88 Å². The van der Waals surface area contributed by atoms with Gasteiger partial charge in [0.1, 0.15) is 4.83 Å². The Labute approximate surface area is 184 Å². The van der Waals surface area contributed by atoms with Gasteiger partial charge in [0, 0.05) is 26.9 Å². The summed E-state index contributed by atoms with van der Waals surface area (Å²) in [5, 5.41) is 1.09. The van der Waals surface area contributed by atoms with E-state index in [1.165, 1.54) is 30.6 Å².